The van der Waals surface area contributed by atoms with Crippen LogP contribution in [0.1, 0.15) is 13.8 Å². The van der Waals surface area contributed by atoms with Crippen LogP contribution in [0.3, 0.4) is 0 Å². The lowest BCUT2D eigenvalue weighted by Gasteiger charge is -2.21. The number of aromatic nitrogens is 1. The van der Waals surface area contributed by atoms with Crippen molar-refractivity contribution < 1.29 is 4.79 Å². The molecule has 0 aliphatic carbocycles. The summed E-state index contributed by atoms with van der Waals surface area (Å²) in [6.45, 7) is 5.07. The first-order valence-electron chi connectivity index (χ1n) is 4.63. The Hall–Kier alpha value is -0.810. The Morgan fingerprint density at radius 3 is 2.80 bits per heavy atom. The lowest BCUT2D eigenvalue weighted by Crippen LogP contribution is -2.36. The predicted octanol–water partition coefficient (Wildman–Crippen LogP) is 1.74. The molecule has 1 aromatic heterocycles. The minimum Gasteiger partial charge on any atom is -0.368 e. The first kappa shape index (κ1) is 12.3. The zero-order valence-electron chi connectivity index (χ0n) is 8.74. The Morgan fingerprint density at radius 2 is 2.40 bits per heavy atom. The van der Waals surface area contributed by atoms with E-state index in [2.05, 4.69) is 18.8 Å². The van der Waals surface area contributed by atoms with Gasteiger partial charge in [-0.15, -0.1) is 11.3 Å². The molecule has 0 aromatic carbocycles. The van der Waals surface area contributed by atoms with Gasteiger partial charge in [0.2, 0.25) is 5.91 Å². The summed E-state index contributed by atoms with van der Waals surface area (Å²) in [6.07, 6.45) is 0. The lowest BCUT2D eigenvalue weighted by molar-refractivity contribution is -0.116. The summed E-state index contributed by atoms with van der Waals surface area (Å²) in [5, 5.41) is 2.94. The van der Waals surface area contributed by atoms with Crippen LogP contribution in [0.4, 0.5) is 5.13 Å². The molecule has 0 atom stereocenters. The molecule has 0 fully saturated rings. The van der Waals surface area contributed by atoms with E-state index < -0.39 is 0 Å². The molecule has 0 aliphatic rings. The minimum atomic E-state index is -0.359. The van der Waals surface area contributed by atoms with Crippen LogP contribution >= 0.6 is 22.9 Å². The number of carbonyl (C=O) groups is 1. The normalized spacial score (nSPS) is 10.7. The third-order valence-corrected chi connectivity index (χ3v) is 2.89. The molecule has 6 heteroatoms. The predicted molar refractivity (Wildman–Crippen MR) is 63.4 cm³/mol. The van der Waals surface area contributed by atoms with Gasteiger partial charge in [-0.25, -0.2) is 4.98 Å². The molecule has 0 saturated carbocycles. The molecule has 1 rings (SSSR count). The number of nitrogens with two attached hydrogens (primary N) is 1. The summed E-state index contributed by atoms with van der Waals surface area (Å²) >= 11 is 7.15. The number of hydrogen-bond acceptors (Lipinski definition) is 4. The molecule has 1 heterocycles. The van der Waals surface area contributed by atoms with Crippen molar-refractivity contribution in [1.82, 2.24) is 4.98 Å². The molecule has 0 saturated heterocycles. The Labute approximate surface area is 98.0 Å². The van der Waals surface area contributed by atoms with E-state index >= 15 is 0 Å². The fraction of sp³-hybridized carbons (Fsp3) is 0.556. The highest BCUT2D eigenvalue weighted by Crippen LogP contribution is 2.23. The Bertz CT molecular complexity index is 340. The van der Waals surface area contributed by atoms with Crippen molar-refractivity contribution in [3.8, 4) is 0 Å². The van der Waals surface area contributed by atoms with E-state index in [-0.39, 0.29) is 12.5 Å². The number of halogens is 1. The fourth-order valence-electron chi connectivity index (χ4n) is 1.23. The number of primary amides is 1. The van der Waals surface area contributed by atoms with Crippen LogP contribution in [0.5, 0.6) is 0 Å². The van der Waals surface area contributed by atoms with Crippen LogP contribution < -0.4 is 10.6 Å². The van der Waals surface area contributed by atoms with Crippen LogP contribution in [0, 0.1) is 5.92 Å². The highest BCUT2D eigenvalue weighted by Gasteiger charge is 2.14. The van der Waals surface area contributed by atoms with Gasteiger partial charge in [0, 0.05) is 11.9 Å². The van der Waals surface area contributed by atoms with Crippen molar-refractivity contribution in [3.05, 3.63) is 10.5 Å². The Kier molecular flexibility index (Phi) is 4.35. The number of hydrogen-bond donors (Lipinski definition) is 1. The van der Waals surface area contributed by atoms with E-state index in [4.69, 9.17) is 17.3 Å². The van der Waals surface area contributed by atoms with Gasteiger partial charge < -0.3 is 10.6 Å². The molecular formula is C9H14ClN3OS. The molecule has 15 heavy (non-hydrogen) atoms. The van der Waals surface area contributed by atoms with Crippen molar-refractivity contribution in [3.63, 3.8) is 0 Å². The van der Waals surface area contributed by atoms with Crippen LogP contribution in [0.15, 0.2) is 5.38 Å². The second-order valence-electron chi connectivity index (χ2n) is 3.69. The number of nitrogens with zero attached hydrogens (tertiary/aromatic N) is 2. The van der Waals surface area contributed by atoms with Gasteiger partial charge >= 0.3 is 0 Å². The molecule has 0 aliphatic heterocycles. The zero-order chi connectivity index (χ0) is 11.4. The third kappa shape index (κ3) is 4.05. The van der Waals surface area contributed by atoms with E-state index in [0.29, 0.717) is 11.1 Å². The molecular weight excluding hydrogens is 234 g/mol. The topological polar surface area (TPSA) is 59.2 Å². The van der Waals surface area contributed by atoms with Gasteiger partial charge in [-0.2, -0.15) is 0 Å². The molecule has 0 bridgehead atoms. The van der Waals surface area contributed by atoms with E-state index in [1.807, 2.05) is 4.90 Å². The number of carbonyl (C=O) groups excluding carboxylic acids is 1. The summed E-state index contributed by atoms with van der Waals surface area (Å²) in [6, 6.07) is 0. The largest absolute Gasteiger partial charge is 0.368 e. The Morgan fingerprint density at radius 1 is 1.73 bits per heavy atom. The number of rotatable bonds is 5. The average molecular weight is 248 g/mol. The number of thiazole rings is 1. The van der Waals surface area contributed by atoms with Gasteiger partial charge in [0.05, 0.1) is 6.54 Å². The van der Waals surface area contributed by atoms with E-state index in [0.717, 1.165) is 11.7 Å². The average Bonchev–Trinajstić information content (AvgIpc) is 2.48. The van der Waals surface area contributed by atoms with Crippen molar-refractivity contribution in [2.45, 2.75) is 13.8 Å². The van der Waals surface area contributed by atoms with Crippen molar-refractivity contribution in [2.75, 3.05) is 18.0 Å². The maximum atomic E-state index is 10.9. The molecule has 2 N–H and O–H groups in total. The second kappa shape index (κ2) is 5.32. The van der Waals surface area contributed by atoms with Gasteiger partial charge in [0.25, 0.3) is 0 Å². The SMILES string of the molecule is CC(C)CN(CC(N)=O)c1nc(Cl)cs1. The maximum absolute atomic E-state index is 10.9. The monoisotopic (exact) mass is 247 g/mol. The highest BCUT2D eigenvalue weighted by atomic mass is 35.5. The minimum absolute atomic E-state index is 0.183. The standard InChI is InChI=1S/C9H14ClN3OS/c1-6(2)3-13(4-8(11)14)9-12-7(10)5-15-9/h5-6H,3-4H2,1-2H3,(H2,11,14). The van der Waals surface area contributed by atoms with E-state index in [9.17, 15) is 4.79 Å². The summed E-state index contributed by atoms with van der Waals surface area (Å²) in [4.78, 5) is 16.9. The van der Waals surface area contributed by atoms with Crippen LogP contribution in [-0.4, -0.2) is 24.0 Å². The second-order valence-corrected chi connectivity index (χ2v) is 4.92. The molecule has 84 valence electrons. The van der Waals surface area contributed by atoms with Crippen molar-refractivity contribution >= 4 is 34.0 Å². The number of amides is 1. The molecule has 0 spiro atoms. The summed E-state index contributed by atoms with van der Waals surface area (Å²) in [5.74, 6) is 0.0778. The zero-order valence-corrected chi connectivity index (χ0v) is 10.3. The van der Waals surface area contributed by atoms with E-state index in [1.165, 1.54) is 11.3 Å². The number of anilines is 1. The quantitative estimate of drug-likeness (QED) is 0.862. The van der Waals surface area contributed by atoms with Crippen LogP contribution in [0.2, 0.25) is 5.15 Å². The lowest BCUT2D eigenvalue weighted by atomic mass is 10.2. The molecule has 1 aromatic rings. The first-order chi connectivity index (χ1) is 6.99. The molecule has 0 radical (unpaired) electrons. The van der Waals surface area contributed by atoms with Gasteiger partial charge in [-0.05, 0) is 5.92 Å². The first-order valence-corrected chi connectivity index (χ1v) is 5.89. The summed E-state index contributed by atoms with van der Waals surface area (Å²) < 4.78 is 0. The molecule has 4 nitrogen and oxygen atoms in total. The van der Waals surface area contributed by atoms with Gasteiger partial charge in [0.15, 0.2) is 5.13 Å². The fourth-order valence-corrected chi connectivity index (χ4v) is 2.19. The van der Waals surface area contributed by atoms with Crippen LogP contribution in [0.25, 0.3) is 0 Å². The molecule has 1 amide bonds. The molecule has 0 unspecified atom stereocenters. The van der Waals surface area contributed by atoms with Crippen molar-refractivity contribution in [1.29, 1.82) is 0 Å². The third-order valence-electron chi connectivity index (χ3n) is 1.67. The van der Waals surface area contributed by atoms with Crippen LogP contribution in [-0.2, 0) is 4.79 Å². The summed E-state index contributed by atoms with van der Waals surface area (Å²) in [5.41, 5.74) is 5.18. The van der Waals surface area contributed by atoms with Gasteiger partial charge in [-0.1, -0.05) is 25.4 Å². The van der Waals surface area contributed by atoms with Gasteiger partial charge in [0.1, 0.15) is 5.15 Å². The van der Waals surface area contributed by atoms with Crippen molar-refractivity contribution in [2.24, 2.45) is 11.7 Å². The van der Waals surface area contributed by atoms with Gasteiger partial charge in [-0.3, -0.25) is 4.79 Å². The Balaban J connectivity index is 2.75. The van der Waals surface area contributed by atoms with E-state index in [1.54, 1.807) is 5.38 Å². The smallest absolute Gasteiger partial charge is 0.237 e. The maximum Gasteiger partial charge on any atom is 0.237 e. The summed E-state index contributed by atoms with van der Waals surface area (Å²) in [7, 11) is 0. The highest BCUT2D eigenvalue weighted by molar-refractivity contribution is 7.14.